The third kappa shape index (κ3) is 5.77. The first-order valence-corrected chi connectivity index (χ1v) is 8.95. The molecular formula is C16H27N3OS. The topological polar surface area (TPSA) is 49.6 Å². The lowest BCUT2D eigenvalue weighted by Gasteiger charge is -2.34. The second-order valence-corrected chi connectivity index (χ2v) is 6.52. The number of piperazine rings is 1. The van der Waals surface area contributed by atoms with E-state index < -0.39 is 0 Å². The molecule has 0 saturated carbocycles. The van der Waals surface area contributed by atoms with Crippen molar-refractivity contribution in [1.82, 2.24) is 9.80 Å². The molecule has 4 nitrogen and oxygen atoms in total. The zero-order valence-electron chi connectivity index (χ0n) is 12.8. The van der Waals surface area contributed by atoms with E-state index in [1.165, 1.54) is 5.56 Å². The molecule has 0 radical (unpaired) electrons. The summed E-state index contributed by atoms with van der Waals surface area (Å²) in [6.07, 6.45) is 5.07. The zero-order chi connectivity index (χ0) is 14.9. The summed E-state index contributed by atoms with van der Waals surface area (Å²) in [5.41, 5.74) is 6.86. The van der Waals surface area contributed by atoms with E-state index in [9.17, 15) is 4.79 Å². The van der Waals surface area contributed by atoms with Gasteiger partial charge in [-0.05, 0) is 41.8 Å². The van der Waals surface area contributed by atoms with Crippen molar-refractivity contribution in [3.63, 3.8) is 0 Å². The Hall–Kier alpha value is -0.910. The number of thiophene rings is 1. The number of amides is 1. The minimum Gasteiger partial charge on any atom is -0.340 e. The third-order valence-electron chi connectivity index (χ3n) is 4.06. The molecule has 1 saturated heterocycles. The van der Waals surface area contributed by atoms with Crippen LogP contribution >= 0.6 is 11.3 Å². The van der Waals surface area contributed by atoms with Crippen LogP contribution in [0.4, 0.5) is 0 Å². The Morgan fingerprint density at radius 1 is 1.14 bits per heavy atom. The number of rotatable bonds is 8. The van der Waals surface area contributed by atoms with Gasteiger partial charge in [-0.1, -0.05) is 12.8 Å². The molecule has 118 valence electrons. The van der Waals surface area contributed by atoms with Crippen LogP contribution in [-0.4, -0.2) is 48.4 Å². The van der Waals surface area contributed by atoms with Gasteiger partial charge < -0.3 is 10.6 Å². The first-order chi connectivity index (χ1) is 10.3. The summed E-state index contributed by atoms with van der Waals surface area (Å²) in [7, 11) is 0. The van der Waals surface area contributed by atoms with Crippen LogP contribution in [0.5, 0.6) is 0 Å². The van der Waals surface area contributed by atoms with Crippen LogP contribution in [0, 0.1) is 0 Å². The van der Waals surface area contributed by atoms with Gasteiger partial charge in [-0.3, -0.25) is 9.69 Å². The molecule has 1 aliphatic rings. The Morgan fingerprint density at radius 2 is 1.90 bits per heavy atom. The van der Waals surface area contributed by atoms with Crippen molar-refractivity contribution in [3.05, 3.63) is 22.4 Å². The molecule has 1 aromatic heterocycles. The molecule has 2 rings (SSSR count). The number of carbonyl (C=O) groups is 1. The van der Waals surface area contributed by atoms with Crippen LogP contribution in [0.1, 0.15) is 37.7 Å². The summed E-state index contributed by atoms with van der Waals surface area (Å²) in [5, 5.41) is 4.33. The van der Waals surface area contributed by atoms with Crippen molar-refractivity contribution in [2.24, 2.45) is 5.73 Å². The van der Waals surface area contributed by atoms with Crippen LogP contribution in [0.25, 0.3) is 0 Å². The second-order valence-electron chi connectivity index (χ2n) is 5.74. The molecular weight excluding hydrogens is 282 g/mol. The highest BCUT2D eigenvalue weighted by Crippen LogP contribution is 2.13. The van der Waals surface area contributed by atoms with Gasteiger partial charge in [0.25, 0.3) is 0 Å². The van der Waals surface area contributed by atoms with Crippen molar-refractivity contribution in [2.45, 2.75) is 38.6 Å². The fourth-order valence-electron chi connectivity index (χ4n) is 2.73. The average molecular weight is 309 g/mol. The molecule has 0 bridgehead atoms. The quantitative estimate of drug-likeness (QED) is 0.750. The van der Waals surface area contributed by atoms with E-state index in [-0.39, 0.29) is 0 Å². The number of carbonyl (C=O) groups excluding carboxylic acids is 1. The van der Waals surface area contributed by atoms with Crippen LogP contribution in [0.2, 0.25) is 0 Å². The van der Waals surface area contributed by atoms with E-state index in [1.54, 1.807) is 11.3 Å². The molecule has 0 unspecified atom stereocenters. The first kappa shape index (κ1) is 16.5. The lowest BCUT2D eigenvalue weighted by atomic mass is 10.1. The molecule has 1 fully saturated rings. The van der Waals surface area contributed by atoms with Crippen molar-refractivity contribution < 1.29 is 4.79 Å². The Morgan fingerprint density at radius 3 is 2.57 bits per heavy atom. The third-order valence-corrected chi connectivity index (χ3v) is 4.79. The number of hydrogen-bond acceptors (Lipinski definition) is 4. The summed E-state index contributed by atoms with van der Waals surface area (Å²) in [6.45, 7) is 5.53. The molecule has 0 spiro atoms. The van der Waals surface area contributed by atoms with Crippen molar-refractivity contribution in [3.8, 4) is 0 Å². The molecule has 1 amide bonds. The highest BCUT2D eigenvalue weighted by Gasteiger charge is 2.20. The lowest BCUT2D eigenvalue weighted by Crippen LogP contribution is -2.48. The maximum atomic E-state index is 12.1. The minimum absolute atomic E-state index is 0.331. The van der Waals surface area contributed by atoms with E-state index in [1.807, 2.05) is 4.90 Å². The van der Waals surface area contributed by atoms with Gasteiger partial charge in [0, 0.05) is 39.1 Å². The summed E-state index contributed by atoms with van der Waals surface area (Å²) in [4.78, 5) is 16.6. The zero-order valence-corrected chi connectivity index (χ0v) is 13.6. The van der Waals surface area contributed by atoms with Crippen LogP contribution in [0.3, 0.4) is 0 Å². The largest absolute Gasteiger partial charge is 0.340 e. The van der Waals surface area contributed by atoms with Crippen LogP contribution < -0.4 is 5.73 Å². The Labute approximate surface area is 131 Å². The molecule has 21 heavy (non-hydrogen) atoms. The normalized spacial score (nSPS) is 16.3. The molecule has 1 aliphatic heterocycles. The average Bonchev–Trinajstić information content (AvgIpc) is 3.00. The van der Waals surface area contributed by atoms with E-state index >= 15 is 0 Å². The van der Waals surface area contributed by atoms with Gasteiger partial charge in [-0.15, -0.1) is 0 Å². The number of hydrogen-bond donors (Lipinski definition) is 1. The maximum Gasteiger partial charge on any atom is 0.222 e. The fraction of sp³-hybridized carbons (Fsp3) is 0.688. The predicted octanol–water partition coefficient (Wildman–Crippen LogP) is 2.30. The Bertz CT molecular complexity index is 400. The van der Waals surface area contributed by atoms with Gasteiger partial charge in [0.1, 0.15) is 0 Å². The standard InChI is InChI=1S/C16H27N3OS/c17-7-4-2-1-3-5-16(20)19-10-8-18(9-11-19)13-15-6-12-21-14-15/h6,12,14H,1-5,7-11,13,17H2. The van der Waals surface area contributed by atoms with Gasteiger partial charge in [-0.25, -0.2) is 0 Å². The fourth-order valence-corrected chi connectivity index (χ4v) is 3.39. The number of nitrogens with zero attached hydrogens (tertiary/aromatic N) is 2. The summed E-state index contributed by atoms with van der Waals surface area (Å²) in [6, 6.07) is 2.18. The van der Waals surface area contributed by atoms with E-state index in [0.29, 0.717) is 12.3 Å². The molecule has 5 heteroatoms. The van der Waals surface area contributed by atoms with Crippen molar-refractivity contribution in [2.75, 3.05) is 32.7 Å². The SMILES string of the molecule is NCCCCCCC(=O)N1CCN(Cc2ccsc2)CC1. The number of nitrogens with two attached hydrogens (primary N) is 1. The van der Waals surface area contributed by atoms with Gasteiger partial charge in [0.2, 0.25) is 5.91 Å². The highest BCUT2D eigenvalue weighted by molar-refractivity contribution is 7.07. The van der Waals surface area contributed by atoms with Crippen LogP contribution in [-0.2, 0) is 11.3 Å². The van der Waals surface area contributed by atoms with Gasteiger partial charge >= 0.3 is 0 Å². The molecule has 1 aromatic rings. The number of unbranched alkanes of at least 4 members (excludes halogenated alkanes) is 3. The Balaban J connectivity index is 1.60. The summed E-state index contributed by atoms with van der Waals surface area (Å²) in [5.74, 6) is 0.331. The molecule has 2 N–H and O–H groups in total. The Kier molecular flexibility index (Phi) is 7.19. The maximum absolute atomic E-state index is 12.1. The first-order valence-electron chi connectivity index (χ1n) is 8.01. The monoisotopic (exact) mass is 309 g/mol. The summed E-state index contributed by atoms with van der Waals surface area (Å²) < 4.78 is 0. The molecule has 0 aliphatic carbocycles. The van der Waals surface area contributed by atoms with Gasteiger partial charge in [0.15, 0.2) is 0 Å². The van der Waals surface area contributed by atoms with Gasteiger partial charge in [-0.2, -0.15) is 11.3 Å². The van der Waals surface area contributed by atoms with Crippen molar-refractivity contribution in [1.29, 1.82) is 0 Å². The van der Waals surface area contributed by atoms with E-state index in [2.05, 4.69) is 21.7 Å². The minimum atomic E-state index is 0.331. The van der Waals surface area contributed by atoms with Gasteiger partial charge in [0.05, 0.1) is 0 Å². The highest BCUT2D eigenvalue weighted by atomic mass is 32.1. The summed E-state index contributed by atoms with van der Waals surface area (Å²) >= 11 is 1.75. The van der Waals surface area contributed by atoms with Crippen molar-refractivity contribution >= 4 is 17.2 Å². The molecule has 0 atom stereocenters. The van der Waals surface area contributed by atoms with E-state index in [4.69, 9.17) is 5.73 Å². The van der Waals surface area contributed by atoms with Crippen LogP contribution in [0.15, 0.2) is 16.8 Å². The molecule has 0 aromatic carbocycles. The lowest BCUT2D eigenvalue weighted by molar-refractivity contribution is -0.133. The van der Waals surface area contributed by atoms with E-state index in [0.717, 1.165) is 65.0 Å². The molecule has 2 heterocycles. The smallest absolute Gasteiger partial charge is 0.222 e. The predicted molar refractivity (Wildman–Crippen MR) is 88.3 cm³/mol. The second kappa shape index (κ2) is 9.18.